The second kappa shape index (κ2) is 9.22. The number of amides is 2. The number of aryl methyl sites for hydroxylation is 1. The highest BCUT2D eigenvalue weighted by Gasteiger charge is 2.18. The first-order chi connectivity index (χ1) is 15.5. The third-order valence-corrected chi connectivity index (χ3v) is 5.12. The number of anilines is 1. The van der Waals surface area contributed by atoms with E-state index in [0.717, 1.165) is 16.8 Å². The van der Waals surface area contributed by atoms with Gasteiger partial charge in [-0.2, -0.15) is 5.10 Å². The van der Waals surface area contributed by atoms with Crippen molar-refractivity contribution in [2.45, 2.75) is 19.9 Å². The number of hydrogen-bond acceptors (Lipinski definition) is 5. The summed E-state index contributed by atoms with van der Waals surface area (Å²) in [5.41, 5.74) is 3.97. The zero-order valence-corrected chi connectivity index (χ0v) is 17.7. The lowest BCUT2D eigenvalue weighted by Crippen LogP contribution is -2.28. The van der Waals surface area contributed by atoms with Crippen molar-refractivity contribution in [2.24, 2.45) is 0 Å². The summed E-state index contributed by atoms with van der Waals surface area (Å²) in [5, 5.41) is 9.99. The Labute approximate surface area is 185 Å². The summed E-state index contributed by atoms with van der Waals surface area (Å²) < 4.78 is 1.66. The molecule has 0 bridgehead atoms. The zero-order chi connectivity index (χ0) is 22.5. The van der Waals surface area contributed by atoms with Crippen molar-refractivity contribution in [3.8, 4) is 5.69 Å². The second-order valence-electron chi connectivity index (χ2n) is 7.31. The summed E-state index contributed by atoms with van der Waals surface area (Å²) in [4.78, 5) is 33.6. The molecule has 0 radical (unpaired) electrons. The summed E-state index contributed by atoms with van der Waals surface area (Å²) in [7, 11) is 0. The molecule has 4 rings (SSSR count). The Kier molecular flexibility index (Phi) is 6.03. The minimum Gasteiger partial charge on any atom is -0.345 e. The van der Waals surface area contributed by atoms with Crippen molar-refractivity contribution < 1.29 is 9.59 Å². The smallest absolute Gasteiger partial charge is 0.255 e. The van der Waals surface area contributed by atoms with Gasteiger partial charge in [0.2, 0.25) is 0 Å². The van der Waals surface area contributed by atoms with E-state index in [1.165, 1.54) is 6.33 Å². The molecule has 1 atom stereocenters. The summed E-state index contributed by atoms with van der Waals surface area (Å²) in [6, 6.07) is 16.1. The molecular formula is C24H22N6O2. The van der Waals surface area contributed by atoms with Crippen LogP contribution in [0.25, 0.3) is 5.69 Å². The molecule has 8 nitrogen and oxygen atoms in total. The maximum absolute atomic E-state index is 13.1. The summed E-state index contributed by atoms with van der Waals surface area (Å²) in [6.07, 6.45) is 6.20. The standard InChI is InChI=1S/C24H22N6O2/c1-16-4-3-5-21(22(16)29-23(31)19-10-12-25-13-11-19)24(32)28-17(2)18-6-8-20(9-7-18)30-15-26-14-27-30/h3-15,17H,1-2H3,(H,28,32)(H,29,31). The largest absolute Gasteiger partial charge is 0.345 e. The van der Waals surface area contributed by atoms with E-state index in [4.69, 9.17) is 0 Å². The molecule has 2 N–H and O–H groups in total. The van der Waals surface area contributed by atoms with Gasteiger partial charge in [-0.3, -0.25) is 14.6 Å². The van der Waals surface area contributed by atoms with E-state index >= 15 is 0 Å². The van der Waals surface area contributed by atoms with E-state index in [1.807, 2.05) is 44.2 Å². The van der Waals surface area contributed by atoms with Crippen molar-refractivity contribution in [3.63, 3.8) is 0 Å². The predicted octanol–water partition coefficient (Wildman–Crippen LogP) is 3.71. The molecular weight excluding hydrogens is 404 g/mol. The highest BCUT2D eigenvalue weighted by Crippen LogP contribution is 2.23. The Morgan fingerprint density at radius 3 is 2.38 bits per heavy atom. The number of benzene rings is 2. The van der Waals surface area contributed by atoms with Gasteiger partial charge in [0.05, 0.1) is 23.0 Å². The van der Waals surface area contributed by atoms with E-state index in [1.54, 1.807) is 47.7 Å². The van der Waals surface area contributed by atoms with Crippen LogP contribution in [0.15, 0.2) is 79.6 Å². The molecule has 0 aliphatic carbocycles. The average Bonchev–Trinajstić information content (AvgIpc) is 3.36. The lowest BCUT2D eigenvalue weighted by molar-refractivity contribution is 0.0940. The zero-order valence-electron chi connectivity index (χ0n) is 17.7. The molecule has 0 spiro atoms. The van der Waals surface area contributed by atoms with Gasteiger partial charge in [-0.1, -0.05) is 24.3 Å². The molecule has 2 amide bonds. The van der Waals surface area contributed by atoms with Gasteiger partial charge in [0.1, 0.15) is 12.7 Å². The number of hydrogen-bond donors (Lipinski definition) is 2. The Hall–Kier alpha value is -4.33. The van der Waals surface area contributed by atoms with Crippen molar-refractivity contribution >= 4 is 17.5 Å². The van der Waals surface area contributed by atoms with Gasteiger partial charge >= 0.3 is 0 Å². The van der Waals surface area contributed by atoms with Crippen LogP contribution in [0, 0.1) is 6.92 Å². The lowest BCUT2D eigenvalue weighted by Gasteiger charge is -2.18. The first-order valence-corrected chi connectivity index (χ1v) is 10.1. The third-order valence-electron chi connectivity index (χ3n) is 5.12. The molecule has 0 aliphatic heterocycles. The minimum absolute atomic E-state index is 0.239. The Morgan fingerprint density at radius 1 is 0.938 bits per heavy atom. The summed E-state index contributed by atoms with van der Waals surface area (Å²) >= 11 is 0. The van der Waals surface area contributed by atoms with Crippen LogP contribution in [-0.2, 0) is 0 Å². The SMILES string of the molecule is Cc1cccc(C(=O)NC(C)c2ccc(-n3cncn3)cc2)c1NC(=O)c1ccncc1. The number of rotatable bonds is 6. The van der Waals surface area contributed by atoms with Crippen LogP contribution in [-0.4, -0.2) is 31.6 Å². The fourth-order valence-corrected chi connectivity index (χ4v) is 3.33. The highest BCUT2D eigenvalue weighted by atomic mass is 16.2. The minimum atomic E-state index is -0.299. The Bertz CT molecular complexity index is 1220. The van der Waals surface area contributed by atoms with E-state index < -0.39 is 0 Å². The van der Waals surface area contributed by atoms with Gasteiger partial charge in [-0.25, -0.2) is 9.67 Å². The lowest BCUT2D eigenvalue weighted by atomic mass is 10.0. The van der Waals surface area contributed by atoms with Crippen LogP contribution in [0.3, 0.4) is 0 Å². The summed E-state index contributed by atoms with van der Waals surface area (Å²) in [6.45, 7) is 3.76. The number of aromatic nitrogens is 4. The third kappa shape index (κ3) is 4.54. The van der Waals surface area contributed by atoms with Gasteiger partial charge in [-0.15, -0.1) is 0 Å². The van der Waals surface area contributed by atoms with Crippen molar-refractivity contribution in [1.29, 1.82) is 0 Å². The molecule has 2 aromatic heterocycles. The monoisotopic (exact) mass is 426 g/mol. The molecule has 32 heavy (non-hydrogen) atoms. The fraction of sp³-hybridized carbons (Fsp3) is 0.125. The maximum atomic E-state index is 13.1. The average molecular weight is 426 g/mol. The van der Waals surface area contributed by atoms with E-state index in [-0.39, 0.29) is 17.9 Å². The molecule has 0 saturated heterocycles. The van der Waals surface area contributed by atoms with Crippen molar-refractivity contribution in [1.82, 2.24) is 25.1 Å². The molecule has 1 unspecified atom stereocenters. The molecule has 0 saturated carbocycles. The van der Waals surface area contributed by atoms with Crippen LogP contribution in [0.5, 0.6) is 0 Å². The van der Waals surface area contributed by atoms with Crippen LogP contribution in [0.2, 0.25) is 0 Å². The molecule has 2 aromatic carbocycles. The number of pyridine rings is 1. The van der Waals surface area contributed by atoms with Gasteiger partial charge in [0, 0.05) is 18.0 Å². The van der Waals surface area contributed by atoms with Gasteiger partial charge in [0.15, 0.2) is 0 Å². The molecule has 160 valence electrons. The highest BCUT2D eigenvalue weighted by molar-refractivity contribution is 6.09. The van der Waals surface area contributed by atoms with E-state index in [9.17, 15) is 9.59 Å². The molecule has 0 aliphatic rings. The van der Waals surface area contributed by atoms with Gasteiger partial charge in [0.25, 0.3) is 11.8 Å². The predicted molar refractivity (Wildman–Crippen MR) is 121 cm³/mol. The normalized spacial score (nSPS) is 11.6. The number of nitrogens with zero attached hydrogens (tertiary/aromatic N) is 4. The summed E-state index contributed by atoms with van der Waals surface area (Å²) in [5.74, 6) is -0.570. The van der Waals surface area contributed by atoms with Gasteiger partial charge < -0.3 is 10.6 Å². The molecule has 0 fully saturated rings. The van der Waals surface area contributed by atoms with Crippen LogP contribution in [0.4, 0.5) is 5.69 Å². The van der Waals surface area contributed by atoms with Crippen LogP contribution in [0.1, 0.15) is 44.8 Å². The van der Waals surface area contributed by atoms with Crippen molar-refractivity contribution in [2.75, 3.05) is 5.32 Å². The fourth-order valence-electron chi connectivity index (χ4n) is 3.33. The second-order valence-corrected chi connectivity index (χ2v) is 7.31. The molecule has 4 aromatic rings. The van der Waals surface area contributed by atoms with Crippen LogP contribution >= 0.6 is 0 Å². The number of carbonyl (C=O) groups excluding carboxylic acids is 2. The molecule has 8 heteroatoms. The number of carbonyl (C=O) groups is 2. The number of para-hydroxylation sites is 1. The van der Waals surface area contributed by atoms with Gasteiger partial charge in [-0.05, 0) is 55.3 Å². The van der Waals surface area contributed by atoms with Crippen LogP contribution < -0.4 is 10.6 Å². The Morgan fingerprint density at radius 2 is 1.69 bits per heavy atom. The molecule has 2 heterocycles. The van der Waals surface area contributed by atoms with Crippen molar-refractivity contribution in [3.05, 3.63) is 102 Å². The van der Waals surface area contributed by atoms with E-state index in [2.05, 4.69) is 25.7 Å². The van der Waals surface area contributed by atoms with E-state index in [0.29, 0.717) is 16.8 Å². The topological polar surface area (TPSA) is 102 Å². The Balaban J connectivity index is 1.50. The maximum Gasteiger partial charge on any atom is 0.255 e. The first-order valence-electron chi connectivity index (χ1n) is 10.1. The number of nitrogens with one attached hydrogen (secondary N) is 2. The first kappa shape index (κ1) is 20.9. The quantitative estimate of drug-likeness (QED) is 0.489.